The standard InChI is InChI=1S/C24H30N2O4/c1-5-13-26(15-21(27)25-19-11-7-6-9-17(19)2)22(28)16-29-20-12-8-10-18-14-24(3,4)30-23(18)20/h6-12H,5,13-16H2,1-4H3,(H,25,27). The van der Waals surface area contributed by atoms with E-state index in [-0.39, 0.29) is 30.6 Å². The molecule has 30 heavy (non-hydrogen) atoms. The van der Waals surface area contributed by atoms with Crippen LogP contribution in [0.25, 0.3) is 0 Å². The van der Waals surface area contributed by atoms with Gasteiger partial charge in [-0.15, -0.1) is 0 Å². The van der Waals surface area contributed by atoms with E-state index >= 15 is 0 Å². The van der Waals surface area contributed by atoms with E-state index in [9.17, 15) is 9.59 Å². The number of nitrogens with one attached hydrogen (secondary N) is 1. The monoisotopic (exact) mass is 410 g/mol. The fourth-order valence-electron chi connectivity index (χ4n) is 3.57. The average molecular weight is 411 g/mol. The third-order valence-electron chi connectivity index (χ3n) is 5.01. The molecule has 0 aliphatic carbocycles. The number of carbonyl (C=O) groups excluding carboxylic acids is 2. The topological polar surface area (TPSA) is 67.9 Å². The maximum absolute atomic E-state index is 12.8. The van der Waals surface area contributed by atoms with E-state index < -0.39 is 0 Å². The molecule has 0 saturated carbocycles. The van der Waals surface area contributed by atoms with Crippen molar-refractivity contribution in [2.24, 2.45) is 0 Å². The second kappa shape index (κ2) is 9.20. The minimum Gasteiger partial charge on any atom is -0.483 e. The van der Waals surface area contributed by atoms with Gasteiger partial charge in [-0.1, -0.05) is 37.3 Å². The molecular formula is C24H30N2O4. The second-order valence-corrected chi connectivity index (χ2v) is 8.25. The Labute approximate surface area is 178 Å². The summed E-state index contributed by atoms with van der Waals surface area (Å²) in [6.07, 6.45) is 1.55. The van der Waals surface area contributed by atoms with Gasteiger partial charge in [-0.05, 0) is 44.9 Å². The fraction of sp³-hybridized carbons (Fsp3) is 0.417. The van der Waals surface area contributed by atoms with Crippen molar-refractivity contribution in [3.8, 4) is 11.5 Å². The molecule has 0 aromatic heterocycles. The van der Waals surface area contributed by atoms with Crippen LogP contribution in [0.1, 0.15) is 38.3 Å². The van der Waals surface area contributed by atoms with Crippen LogP contribution in [0.5, 0.6) is 11.5 Å². The Morgan fingerprint density at radius 2 is 1.93 bits per heavy atom. The lowest BCUT2D eigenvalue weighted by atomic mass is 10.0. The SMILES string of the molecule is CCCN(CC(=O)Nc1ccccc1C)C(=O)COc1cccc2c1OC(C)(C)C2. The summed E-state index contributed by atoms with van der Waals surface area (Å²) in [6, 6.07) is 13.3. The molecule has 0 bridgehead atoms. The highest BCUT2D eigenvalue weighted by molar-refractivity contribution is 5.95. The number of aryl methyl sites for hydroxylation is 1. The smallest absolute Gasteiger partial charge is 0.260 e. The molecular weight excluding hydrogens is 380 g/mol. The Hall–Kier alpha value is -3.02. The van der Waals surface area contributed by atoms with E-state index in [1.165, 1.54) is 4.90 Å². The summed E-state index contributed by atoms with van der Waals surface area (Å²) >= 11 is 0. The molecule has 0 radical (unpaired) electrons. The molecule has 0 spiro atoms. The van der Waals surface area contributed by atoms with Crippen molar-refractivity contribution in [3.63, 3.8) is 0 Å². The van der Waals surface area contributed by atoms with Gasteiger partial charge in [0, 0.05) is 24.2 Å². The fourth-order valence-corrected chi connectivity index (χ4v) is 3.57. The minimum atomic E-state index is -0.284. The third-order valence-corrected chi connectivity index (χ3v) is 5.01. The quantitative estimate of drug-likeness (QED) is 0.715. The Morgan fingerprint density at radius 3 is 2.67 bits per heavy atom. The molecule has 6 heteroatoms. The summed E-state index contributed by atoms with van der Waals surface area (Å²) in [5.41, 5.74) is 2.52. The van der Waals surface area contributed by atoms with Crippen molar-refractivity contribution >= 4 is 17.5 Å². The molecule has 0 fully saturated rings. The number of benzene rings is 2. The van der Waals surface area contributed by atoms with Crippen molar-refractivity contribution < 1.29 is 19.1 Å². The van der Waals surface area contributed by atoms with Gasteiger partial charge < -0.3 is 19.7 Å². The number of hydrogen-bond acceptors (Lipinski definition) is 4. The maximum atomic E-state index is 12.8. The zero-order chi connectivity index (χ0) is 21.7. The van der Waals surface area contributed by atoms with Crippen LogP contribution < -0.4 is 14.8 Å². The first-order valence-electron chi connectivity index (χ1n) is 10.4. The molecule has 1 aliphatic rings. The lowest BCUT2D eigenvalue weighted by Crippen LogP contribution is -2.41. The first-order valence-corrected chi connectivity index (χ1v) is 10.4. The first kappa shape index (κ1) is 21.7. The van der Waals surface area contributed by atoms with Crippen molar-refractivity contribution in [2.45, 2.75) is 46.1 Å². The van der Waals surface area contributed by atoms with Crippen LogP contribution in [0.4, 0.5) is 5.69 Å². The van der Waals surface area contributed by atoms with Crippen LogP contribution in [0.3, 0.4) is 0 Å². The van der Waals surface area contributed by atoms with E-state index in [1.807, 2.05) is 70.2 Å². The zero-order valence-electron chi connectivity index (χ0n) is 18.2. The van der Waals surface area contributed by atoms with Crippen LogP contribution in [-0.4, -0.2) is 42.0 Å². The van der Waals surface area contributed by atoms with Crippen molar-refractivity contribution in [3.05, 3.63) is 53.6 Å². The predicted molar refractivity (Wildman–Crippen MR) is 117 cm³/mol. The van der Waals surface area contributed by atoms with Gasteiger partial charge in [-0.2, -0.15) is 0 Å². The average Bonchev–Trinajstić information content (AvgIpc) is 3.02. The molecule has 2 aromatic rings. The Kier molecular flexibility index (Phi) is 6.65. The van der Waals surface area contributed by atoms with E-state index in [0.717, 1.165) is 29.7 Å². The molecule has 160 valence electrons. The highest BCUT2D eigenvalue weighted by atomic mass is 16.5. The number of fused-ring (bicyclic) bond motifs is 1. The summed E-state index contributed by atoms with van der Waals surface area (Å²) in [5, 5.41) is 2.88. The van der Waals surface area contributed by atoms with E-state index in [4.69, 9.17) is 9.47 Å². The van der Waals surface area contributed by atoms with Crippen LogP contribution in [0.15, 0.2) is 42.5 Å². The minimum absolute atomic E-state index is 0.0131. The summed E-state index contributed by atoms with van der Waals surface area (Å²) in [4.78, 5) is 26.8. The Bertz CT molecular complexity index is 923. The summed E-state index contributed by atoms with van der Waals surface area (Å²) in [6.45, 7) is 8.29. The molecule has 6 nitrogen and oxygen atoms in total. The van der Waals surface area contributed by atoms with Crippen LogP contribution in [0.2, 0.25) is 0 Å². The largest absolute Gasteiger partial charge is 0.483 e. The number of anilines is 1. The molecule has 1 N–H and O–H groups in total. The molecule has 2 amide bonds. The van der Waals surface area contributed by atoms with Crippen molar-refractivity contribution in [1.29, 1.82) is 0 Å². The first-order chi connectivity index (χ1) is 14.3. The maximum Gasteiger partial charge on any atom is 0.260 e. The van der Waals surface area contributed by atoms with Gasteiger partial charge >= 0.3 is 0 Å². The lowest BCUT2D eigenvalue weighted by molar-refractivity contribution is -0.136. The number of hydrogen-bond donors (Lipinski definition) is 1. The second-order valence-electron chi connectivity index (χ2n) is 8.25. The van der Waals surface area contributed by atoms with Crippen LogP contribution in [0, 0.1) is 6.92 Å². The lowest BCUT2D eigenvalue weighted by Gasteiger charge is -2.22. The van der Waals surface area contributed by atoms with Gasteiger partial charge in [0.1, 0.15) is 5.60 Å². The molecule has 2 aromatic carbocycles. The number of nitrogens with zero attached hydrogens (tertiary/aromatic N) is 1. The van der Waals surface area contributed by atoms with Crippen molar-refractivity contribution in [1.82, 2.24) is 4.90 Å². The molecule has 1 aliphatic heterocycles. The van der Waals surface area contributed by atoms with Gasteiger partial charge in [0.15, 0.2) is 18.1 Å². The van der Waals surface area contributed by atoms with Crippen LogP contribution >= 0.6 is 0 Å². The Morgan fingerprint density at radius 1 is 1.17 bits per heavy atom. The number of para-hydroxylation sites is 2. The predicted octanol–water partition coefficient (Wildman–Crippen LogP) is 3.96. The van der Waals surface area contributed by atoms with Gasteiger partial charge in [-0.25, -0.2) is 0 Å². The highest BCUT2D eigenvalue weighted by Crippen LogP contribution is 2.41. The van der Waals surface area contributed by atoms with Crippen LogP contribution in [-0.2, 0) is 16.0 Å². The van der Waals surface area contributed by atoms with E-state index in [0.29, 0.717) is 18.0 Å². The molecule has 0 unspecified atom stereocenters. The number of rotatable bonds is 8. The molecule has 3 rings (SSSR count). The zero-order valence-corrected chi connectivity index (χ0v) is 18.2. The normalized spacial score (nSPS) is 13.9. The molecule has 0 saturated heterocycles. The summed E-state index contributed by atoms with van der Waals surface area (Å²) in [7, 11) is 0. The number of ether oxygens (including phenoxy) is 2. The summed E-state index contributed by atoms with van der Waals surface area (Å²) in [5.74, 6) is 0.810. The van der Waals surface area contributed by atoms with Gasteiger partial charge in [0.05, 0.1) is 6.54 Å². The molecule has 1 heterocycles. The van der Waals surface area contributed by atoms with Gasteiger partial charge in [-0.3, -0.25) is 9.59 Å². The van der Waals surface area contributed by atoms with Gasteiger partial charge in [0.25, 0.3) is 5.91 Å². The Balaban J connectivity index is 1.61. The van der Waals surface area contributed by atoms with E-state index in [1.54, 1.807) is 0 Å². The van der Waals surface area contributed by atoms with Crippen molar-refractivity contribution in [2.75, 3.05) is 25.0 Å². The third kappa shape index (κ3) is 5.32. The van der Waals surface area contributed by atoms with E-state index in [2.05, 4.69) is 5.32 Å². The number of carbonyl (C=O) groups is 2. The highest BCUT2D eigenvalue weighted by Gasteiger charge is 2.32. The van der Waals surface area contributed by atoms with Gasteiger partial charge in [0.2, 0.25) is 5.91 Å². The molecule has 0 atom stereocenters. The number of amides is 2. The summed E-state index contributed by atoms with van der Waals surface area (Å²) < 4.78 is 11.8.